The third kappa shape index (κ3) is 20.5. The van der Waals surface area contributed by atoms with Crippen LogP contribution in [0.4, 0.5) is 0 Å². The maximum Gasteiger partial charge on any atom is 0.271 e. The second kappa shape index (κ2) is 42.1. The van der Waals surface area contributed by atoms with Crippen molar-refractivity contribution in [2.75, 3.05) is 13.1 Å². The number of fused-ring (bicyclic) bond motifs is 3. The fourth-order valence-electron chi connectivity index (χ4n) is 15.2. The van der Waals surface area contributed by atoms with Crippen LogP contribution in [0.1, 0.15) is 326 Å². The molecular weight excluding hydrogens is 1400 g/mol. The summed E-state index contributed by atoms with van der Waals surface area (Å²) in [5.74, 6) is -1.58. The van der Waals surface area contributed by atoms with Gasteiger partial charge in [-0.15, -0.1) is 68.0 Å². The van der Waals surface area contributed by atoms with Crippen molar-refractivity contribution in [3.05, 3.63) is 102 Å². The maximum absolute atomic E-state index is 14.3. The lowest BCUT2D eigenvalue weighted by Gasteiger charge is -2.27. The first kappa shape index (κ1) is 82.3. The maximum atomic E-state index is 14.3. The van der Waals surface area contributed by atoms with Gasteiger partial charge < -0.3 is 4.57 Å². The molecule has 15 heteroatoms. The van der Waals surface area contributed by atoms with E-state index in [-0.39, 0.29) is 23.0 Å². The van der Waals surface area contributed by atoms with Gasteiger partial charge in [-0.25, -0.2) is 0 Å². The van der Waals surface area contributed by atoms with Gasteiger partial charge in [-0.05, 0) is 173 Å². The number of aromatic nitrogens is 1. The first-order valence-corrected chi connectivity index (χ1v) is 45.6. The summed E-state index contributed by atoms with van der Waals surface area (Å²) in [6, 6.07) is 19.6. The summed E-state index contributed by atoms with van der Waals surface area (Å²) in [6.07, 6.45) is 47.1. The number of rotatable bonds is 47. The summed E-state index contributed by atoms with van der Waals surface area (Å²) in [5.41, 5.74) is 10.2. The number of unbranched alkanes of at least 4 members (excludes halogenated alkanes) is 24. The van der Waals surface area contributed by atoms with Crippen molar-refractivity contribution < 1.29 is 19.2 Å². The van der Waals surface area contributed by atoms with Crippen LogP contribution in [-0.2, 0) is 44.9 Å². The van der Waals surface area contributed by atoms with Gasteiger partial charge in [0.25, 0.3) is 23.6 Å². The molecule has 0 aromatic carbocycles. The van der Waals surface area contributed by atoms with Gasteiger partial charge >= 0.3 is 0 Å². The highest BCUT2D eigenvalue weighted by Crippen LogP contribution is 2.54. The van der Waals surface area contributed by atoms with Crippen molar-refractivity contribution in [1.29, 1.82) is 10.5 Å². The Morgan fingerprint density at radius 3 is 0.990 bits per heavy atom. The summed E-state index contributed by atoms with van der Waals surface area (Å²) >= 11 is 11.5. The molecule has 0 aliphatic carbocycles. The van der Waals surface area contributed by atoms with Gasteiger partial charge in [0.15, 0.2) is 0 Å². The lowest BCUT2D eigenvalue weighted by atomic mass is 9.94. The Labute approximate surface area is 648 Å². The van der Waals surface area contributed by atoms with Gasteiger partial charge in [0.1, 0.15) is 23.3 Å². The van der Waals surface area contributed by atoms with Crippen LogP contribution >= 0.6 is 68.0 Å². The van der Waals surface area contributed by atoms with Crippen molar-refractivity contribution in [3.8, 4) is 51.2 Å². The zero-order chi connectivity index (χ0) is 74.1. The minimum Gasteiger partial charge on any atom is -0.336 e. The summed E-state index contributed by atoms with van der Waals surface area (Å²) in [6.45, 7) is 22.0. The summed E-state index contributed by atoms with van der Waals surface area (Å²) in [4.78, 5) is 70.9. The van der Waals surface area contributed by atoms with Gasteiger partial charge in [-0.2, -0.15) is 10.5 Å². The molecule has 4 amide bonds. The van der Waals surface area contributed by atoms with Gasteiger partial charge in [0.05, 0.1) is 20.4 Å². The molecule has 9 heterocycles. The van der Waals surface area contributed by atoms with E-state index in [2.05, 4.69) is 108 Å². The van der Waals surface area contributed by atoms with E-state index in [0.717, 1.165) is 99.6 Å². The molecule has 7 aromatic heterocycles. The van der Waals surface area contributed by atoms with Crippen LogP contribution in [-0.4, -0.2) is 51.1 Å². The summed E-state index contributed by atoms with van der Waals surface area (Å²) in [5, 5.41) is 20.6. The Hall–Kier alpha value is -5.78. The molecule has 2 aliphatic heterocycles. The van der Waals surface area contributed by atoms with Crippen molar-refractivity contribution in [3.63, 3.8) is 0 Å². The molecule has 0 bridgehead atoms. The first-order chi connectivity index (χ1) is 50.7. The number of carbonyl (C=O) groups is 4. The van der Waals surface area contributed by atoms with Crippen molar-refractivity contribution in [2.24, 2.45) is 0 Å². The van der Waals surface area contributed by atoms with Gasteiger partial charge in [-0.3, -0.25) is 29.0 Å². The molecule has 104 heavy (non-hydrogen) atoms. The molecule has 0 atom stereocenters. The number of hydrogen-bond acceptors (Lipinski definition) is 12. The van der Waals surface area contributed by atoms with Crippen LogP contribution in [0.5, 0.6) is 0 Å². The standard InChI is InChI=1S/C89H119N5O4S6/c1-11-19-27-33-35-41-47-67(48-42-36-34-28-20-12-2)94-74-57-78(82-65(45-39-31-23-15-5)53-76(101-82)80-63(43-37-29-21-13-3)51-68(99-80)55-70-61(9)72(59-90)88(97)92(86(70)95)49-25-17-7)103-84(74)85-75(94)58-79(104-85)83-66(46-40-32-24-16-6)54-77(102-83)81-64(44-38-30-22-14-4)52-69(100-81)56-71-62(10)73(60-91)89(98)93(87(71)96)50-26-18-8/h51-58,67H,11-50H2,1-10H3/b70-55-,71-56-. The van der Waals surface area contributed by atoms with Crippen LogP contribution in [0.2, 0.25) is 0 Å². The molecule has 560 valence electrons. The summed E-state index contributed by atoms with van der Waals surface area (Å²) < 4.78 is 5.67. The zero-order valence-electron chi connectivity index (χ0n) is 64.8. The Morgan fingerprint density at radius 1 is 0.356 bits per heavy atom. The minimum absolute atomic E-state index is 0.0584. The molecule has 0 saturated heterocycles. The van der Waals surface area contributed by atoms with E-state index in [4.69, 9.17) is 0 Å². The number of nitriles is 2. The first-order valence-electron chi connectivity index (χ1n) is 40.7. The topological polar surface area (TPSA) is 127 Å². The molecule has 0 N–H and O–H groups in total. The van der Waals surface area contributed by atoms with Crippen molar-refractivity contribution >= 4 is 124 Å². The molecule has 0 radical (unpaired) electrons. The molecule has 9 nitrogen and oxygen atoms in total. The number of aryl methyl sites for hydroxylation is 4. The van der Waals surface area contributed by atoms with Crippen molar-refractivity contribution in [2.45, 2.75) is 319 Å². The second-order valence-electron chi connectivity index (χ2n) is 29.5. The fourth-order valence-corrected chi connectivity index (χ4v) is 22.9. The van der Waals surface area contributed by atoms with Crippen LogP contribution in [0.15, 0.2) is 69.8 Å². The SMILES string of the molecule is CCCCCCCCC(CCCCCCCC)n1c2cc(-c3sc(-c4sc(/C=C5\C(=O)N(CCCC)C(=O)C(C#N)=C5C)cc4CCCCCC)cc3CCCCCC)sc2c2sc(-c3sc(-c4sc(/C=C5\C(=O)N(CCCC)C(=O)C(C#N)=C5C)cc4CCCCCC)cc3CCCCCC)cc21. The normalized spacial score (nSPS) is 14.7. The highest BCUT2D eigenvalue weighted by atomic mass is 32.1. The molecule has 0 spiro atoms. The number of imide groups is 2. The van der Waals surface area contributed by atoms with E-state index < -0.39 is 11.8 Å². The Kier molecular flexibility index (Phi) is 33.3. The lowest BCUT2D eigenvalue weighted by molar-refractivity contribution is -0.142. The predicted molar refractivity (Wildman–Crippen MR) is 451 cm³/mol. The van der Waals surface area contributed by atoms with Crippen LogP contribution in [0.25, 0.3) is 71.6 Å². The third-order valence-electron chi connectivity index (χ3n) is 21.4. The lowest BCUT2D eigenvalue weighted by Crippen LogP contribution is -2.43. The fraction of sp³-hybridized carbons (Fsp3) is 0.573. The molecule has 9 rings (SSSR count). The summed E-state index contributed by atoms with van der Waals surface area (Å²) in [7, 11) is 0. The van der Waals surface area contributed by atoms with E-state index in [1.54, 1.807) is 36.5 Å². The van der Waals surface area contributed by atoms with Crippen molar-refractivity contribution in [1.82, 2.24) is 14.4 Å². The van der Waals surface area contributed by atoms with E-state index >= 15 is 0 Å². The van der Waals surface area contributed by atoms with Gasteiger partial charge in [-0.1, -0.05) is 222 Å². The van der Waals surface area contributed by atoms with Crippen LogP contribution < -0.4 is 0 Å². The smallest absolute Gasteiger partial charge is 0.271 e. The molecular formula is C89H119N5O4S6. The van der Waals surface area contributed by atoms with E-state index in [9.17, 15) is 29.7 Å². The Balaban J connectivity index is 1.22. The average Bonchev–Trinajstić information content (AvgIpc) is 1.56. The van der Waals surface area contributed by atoms with Gasteiger partial charge in [0.2, 0.25) is 0 Å². The average molecular weight is 1520 g/mol. The molecule has 0 saturated carbocycles. The van der Waals surface area contributed by atoms with E-state index in [1.807, 2.05) is 57.5 Å². The molecule has 0 fully saturated rings. The van der Waals surface area contributed by atoms with Crippen LogP contribution in [0, 0.1) is 22.7 Å². The minimum atomic E-state index is -0.482. The molecule has 0 unspecified atom stereocenters. The Bertz CT molecular complexity index is 3970. The number of amides is 4. The number of nitrogens with zero attached hydrogens (tertiary/aromatic N) is 5. The predicted octanol–water partition coefficient (Wildman–Crippen LogP) is 28.1. The monoisotopic (exact) mass is 1510 g/mol. The highest BCUT2D eigenvalue weighted by molar-refractivity contribution is 7.33. The second-order valence-corrected chi connectivity index (χ2v) is 35.9. The third-order valence-corrected chi connectivity index (χ3v) is 29.1. The Morgan fingerprint density at radius 2 is 0.654 bits per heavy atom. The number of thiophene rings is 6. The zero-order valence-corrected chi connectivity index (χ0v) is 69.7. The highest BCUT2D eigenvalue weighted by Gasteiger charge is 2.37. The molecule has 7 aromatic rings. The quantitative estimate of drug-likeness (QED) is 0.0212. The van der Waals surface area contributed by atoms with Gasteiger partial charge in [0, 0.05) is 79.0 Å². The largest absolute Gasteiger partial charge is 0.336 e. The van der Waals surface area contributed by atoms with Crippen LogP contribution in [0.3, 0.4) is 0 Å². The van der Waals surface area contributed by atoms with E-state index in [0.29, 0.717) is 54.3 Å². The molecule has 2 aliphatic rings. The number of carbonyl (C=O) groups excluding carboxylic acids is 4. The van der Waals surface area contributed by atoms with E-state index in [1.165, 1.54) is 233 Å². The number of hydrogen-bond donors (Lipinski definition) is 0.